The highest BCUT2D eigenvalue weighted by molar-refractivity contribution is 7.14. The van der Waals surface area contributed by atoms with Crippen LogP contribution in [-0.2, 0) is 6.18 Å². The van der Waals surface area contributed by atoms with Crippen molar-refractivity contribution in [3.63, 3.8) is 0 Å². The quantitative estimate of drug-likeness (QED) is 0.316. The monoisotopic (exact) mass is 450 g/mol. The van der Waals surface area contributed by atoms with Crippen LogP contribution in [0.2, 0.25) is 0 Å². The van der Waals surface area contributed by atoms with E-state index >= 15 is 0 Å². The van der Waals surface area contributed by atoms with Crippen LogP contribution in [0.3, 0.4) is 0 Å². The van der Waals surface area contributed by atoms with E-state index in [0.717, 1.165) is 43.7 Å². The van der Waals surface area contributed by atoms with Gasteiger partial charge in [0.05, 0.1) is 17.9 Å². The highest BCUT2D eigenvalue weighted by Gasteiger charge is 2.34. The van der Waals surface area contributed by atoms with Crippen LogP contribution in [0, 0.1) is 0 Å². The Morgan fingerprint density at radius 3 is 2.52 bits per heavy atom. The Hall–Kier alpha value is -2.68. The van der Waals surface area contributed by atoms with E-state index in [9.17, 15) is 13.2 Å². The van der Waals surface area contributed by atoms with Crippen LogP contribution in [0.5, 0.6) is 5.75 Å². The molecule has 0 spiro atoms. The summed E-state index contributed by atoms with van der Waals surface area (Å²) >= 11 is 1.29. The Morgan fingerprint density at radius 2 is 1.77 bits per heavy atom. The van der Waals surface area contributed by atoms with Crippen molar-refractivity contribution < 1.29 is 17.9 Å². The first kappa shape index (κ1) is 23.0. The maximum absolute atomic E-state index is 13.6. The molecule has 3 rings (SSSR count). The van der Waals surface area contributed by atoms with Gasteiger partial charge in [-0.2, -0.15) is 13.2 Å². The van der Waals surface area contributed by atoms with Gasteiger partial charge in [-0.15, -0.1) is 11.3 Å². The van der Waals surface area contributed by atoms with Crippen molar-refractivity contribution in [1.29, 1.82) is 0 Å². The maximum atomic E-state index is 13.6. The van der Waals surface area contributed by atoms with E-state index in [1.54, 1.807) is 23.8 Å². The first-order valence-electron chi connectivity index (χ1n) is 10.3. The number of rotatable bonds is 11. The van der Waals surface area contributed by atoms with Gasteiger partial charge in [-0.25, -0.2) is 15.0 Å². The third-order valence-electron chi connectivity index (χ3n) is 4.65. The smallest absolute Gasteiger partial charge is 0.420 e. The van der Waals surface area contributed by atoms with E-state index in [4.69, 9.17) is 4.74 Å². The summed E-state index contributed by atoms with van der Waals surface area (Å²) in [5.41, 5.74) is 0.894. The summed E-state index contributed by atoms with van der Waals surface area (Å²) in [7, 11) is 0. The number of hydrogen-bond acceptors (Lipinski definition) is 6. The molecule has 1 N–H and O–H groups in total. The minimum atomic E-state index is -4.51. The number of nitrogens with zero attached hydrogens (tertiary/aromatic N) is 3. The van der Waals surface area contributed by atoms with Crippen LogP contribution in [0.4, 0.5) is 24.0 Å². The standard InChI is InChI=1S/C22H25F3N4OS/c1-2-3-4-5-6-7-10-30-20-9-8-17(11-18(20)22(23,24)25)28-21-29-19(14-31-21)16-12-26-15-27-13-16/h8-9,11-15H,2-7,10H2,1H3,(H,28,29). The van der Waals surface area contributed by atoms with Gasteiger partial charge in [0.2, 0.25) is 0 Å². The van der Waals surface area contributed by atoms with Gasteiger partial charge in [0.25, 0.3) is 0 Å². The van der Waals surface area contributed by atoms with Crippen LogP contribution < -0.4 is 10.1 Å². The Kier molecular flexibility index (Phi) is 8.22. The Balaban J connectivity index is 1.64. The van der Waals surface area contributed by atoms with Crippen molar-refractivity contribution >= 4 is 22.2 Å². The van der Waals surface area contributed by atoms with Crippen LogP contribution in [0.1, 0.15) is 51.0 Å². The molecule has 0 unspecified atom stereocenters. The van der Waals surface area contributed by atoms with Gasteiger partial charge in [0.15, 0.2) is 5.13 Å². The summed E-state index contributed by atoms with van der Waals surface area (Å²) in [5.74, 6) is -0.145. The van der Waals surface area contributed by atoms with E-state index in [1.807, 2.05) is 0 Å². The largest absolute Gasteiger partial charge is 0.493 e. The second-order valence-corrected chi connectivity index (χ2v) is 7.97. The minimum absolute atomic E-state index is 0.145. The van der Waals surface area contributed by atoms with E-state index in [2.05, 4.69) is 27.2 Å². The fourth-order valence-corrected chi connectivity index (χ4v) is 3.78. The third-order valence-corrected chi connectivity index (χ3v) is 5.41. The van der Waals surface area contributed by atoms with Gasteiger partial charge in [0.1, 0.15) is 12.1 Å². The molecule has 166 valence electrons. The summed E-state index contributed by atoms with van der Waals surface area (Å²) < 4.78 is 46.2. The zero-order chi connectivity index (χ0) is 22.1. The molecule has 2 aromatic heterocycles. The van der Waals surface area contributed by atoms with E-state index in [1.165, 1.54) is 30.2 Å². The Bertz CT molecular complexity index is 947. The molecule has 0 saturated heterocycles. The third kappa shape index (κ3) is 6.92. The predicted molar refractivity (Wildman–Crippen MR) is 117 cm³/mol. The molecule has 0 fully saturated rings. The number of benzene rings is 1. The zero-order valence-electron chi connectivity index (χ0n) is 17.3. The Labute approximate surface area is 183 Å². The number of nitrogens with one attached hydrogen (secondary N) is 1. The first-order chi connectivity index (χ1) is 15.0. The lowest BCUT2D eigenvalue weighted by Crippen LogP contribution is -2.10. The van der Waals surface area contributed by atoms with Gasteiger partial charge in [0, 0.05) is 29.0 Å². The van der Waals surface area contributed by atoms with Crippen LogP contribution in [0.15, 0.2) is 42.3 Å². The second kappa shape index (κ2) is 11.1. The van der Waals surface area contributed by atoms with Gasteiger partial charge in [-0.1, -0.05) is 39.0 Å². The van der Waals surface area contributed by atoms with E-state index in [-0.39, 0.29) is 12.4 Å². The lowest BCUT2D eigenvalue weighted by molar-refractivity contribution is -0.138. The predicted octanol–water partition coefficient (Wildman–Crippen LogP) is 7.10. The molecule has 1 aromatic carbocycles. The molecule has 0 amide bonds. The minimum Gasteiger partial charge on any atom is -0.493 e. The maximum Gasteiger partial charge on any atom is 0.420 e. The number of halogens is 3. The van der Waals surface area contributed by atoms with Crippen molar-refractivity contribution in [3.05, 3.63) is 47.9 Å². The van der Waals surface area contributed by atoms with Gasteiger partial charge < -0.3 is 10.1 Å². The highest BCUT2D eigenvalue weighted by Crippen LogP contribution is 2.39. The Morgan fingerprint density at radius 1 is 1.03 bits per heavy atom. The van der Waals surface area contributed by atoms with Crippen molar-refractivity contribution in [1.82, 2.24) is 15.0 Å². The summed E-state index contributed by atoms with van der Waals surface area (Å²) in [6, 6.07) is 3.99. The summed E-state index contributed by atoms with van der Waals surface area (Å²) in [5, 5.41) is 5.22. The zero-order valence-corrected chi connectivity index (χ0v) is 18.1. The number of anilines is 2. The summed E-state index contributed by atoms with van der Waals surface area (Å²) in [6.45, 7) is 2.42. The van der Waals surface area contributed by atoms with Crippen molar-refractivity contribution in [2.24, 2.45) is 0 Å². The van der Waals surface area contributed by atoms with Crippen molar-refractivity contribution in [2.75, 3.05) is 11.9 Å². The lowest BCUT2D eigenvalue weighted by atomic mass is 10.1. The SMILES string of the molecule is CCCCCCCCOc1ccc(Nc2nc(-c3cncnc3)cs2)cc1C(F)(F)F. The van der Waals surface area contributed by atoms with Gasteiger partial charge in [-0.3, -0.25) is 0 Å². The fraction of sp³-hybridized carbons (Fsp3) is 0.409. The average molecular weight is 451 g/mol. The summed E-state index contributed by atoms with van der Waals surface area (Å²) in [6.07, 6.45) is 6.45. The second-order valence-electron chi connectivity index (χ2n) is 7.11. The van der Waals surface area contributed by atoms with Crippen LogP contribution >= 0.6 is 11.3 Å². The summed E-state index contributed by atoms with van der Waals surface area (Å²) in [4.78, 5) is 12.3. The molecule has 3 aromatic rings. The number of hydrogen-bond donors (Lipinski definition) is 1. The van der Waals surface area contributed by atoms with E-state index in [0.29, 0.717) is 16.5 Å². The molecule has 2 heterocycles. The molecule has 0 aliphatic carbocycles. The number of unbranched alkanes of at least 4 members (excludes halogenated alkanes) is 5. The van der Waals surface area contributed by atoms with Crippen LogP contribution in [-0.4, -0.2) is 21.6 Å². The van der Waals surface area contributed by atoms with Crippen molar-refractivity contribution in [2.45, 2.75) is 51.6 Å². The van der Waals surface area contributed by atoms with Crippen LogP contribution in [0.25, 0.3) is 11.3 Å². The average Bonchev–Trinajstić information content (AvgIpc) is 3.22. The molecular weight excluding hydrogens is 425 g/mol. The fourth-order valence-electron chi connectivity index (χ4n) is 3.04. The lowest BCUT2D eigenvalue weighted by Gasteiger charge is -2.15. The molecule has 0 aliphatic heterocycles. The molecule has 5 nitrogen and oxygen atoms in total. The topological polar surface area (TPSA) is 59.9 Å². The first-order valence-corrected chi connectivity index (χ1v) is 11.2. The van der Waals surface area contributed by atoms with Gasteiger partial charge >= 0.3 is 6.18 Å². The number of aromatic nitrogens is 3. The normalized spacial score (nSPS) is 11.5. The molecular formula is C22H25F3N4OS. The number of alkyl halides is 3. The molecule has 0 saturated carbocycles. The highest BCUT2D eigenvalue weighted by atomic mass is 32.1. The molecule has 0 radical (unpaired) electrons. The van der Waals surface area contributed by atoms with Gasteiger partial charge in [-0.05, 0) is 24.6 Å². The van der Waals surface area contributed by atoms with Crippen molar-refractivity contribution in [3.8, 4) is 17.0 Å². The van der Waals surface area contributed by atoms with E-state index < -0.39 is 11.7 Å². The molecule has 31 heavy (non-hydrogen) atoms. The molecule has 9 heteroatoms. The number of ether oxygens (including phenoxy) is 1. The number of thiazole rings is 1. The molecule has 0 aliphatic rings. The molecule has 0 atom stereocenters. The molecule has 0 bridgehead atoms.